The Labute approximate surface area is 237 Å². The number of nitrogen functional groups attached to an aromatic ring is 1. The van der Waals surface area contributed by atoms with Gasteiger partial charge >= 0.3 is 0 Å². The number of hydrogen-bond acceptors (Lipinski definition) is 6. The highest BCUT2D eigenvalue weighted by atomic mass is 35.5. The fraction of sp³-hybridized carbons (Fsp3) is 0.355. The second-order valence-corrected chi connectivity index (χ2v) is 9.95. The molecular weight excluding hydrogens is 510 g/mol. The molecule has 0 bridgehead atoms. The van der Waals surface area contributed by atoms with Crippen LogP contribution in [0.15, 0.2) is 89.1 Å². The number of anilines is 4. The van der Waals surface area contributed by atoms with Gasteiger partial charge < -0.3 is 26.0 Å². The average Bonchev–Trinajstić information content (AvgIpc) is 3.18. The monoisotopic (exact) mass is 549 g/mol. The molecule has 1 aromatic carbocycles. The first-order valence-electron chi connectivity index (χ1n) is 13.5. The molecule has 1 amide bonds. The van der Waals surface area contributed by atoms with Crippen molar-refractivity contribution in [1.82, 2.24) is 4.98 Å². The van der Waals surface area contributed by atoms with Crippen LogP contribution in [-0.2, 0) is 9.53 Å². The Morgan fingerprint density at radius 3 is 2.49 bits per heavy atom. The van der Waals surface area contributed by atoms with Crippen LogP contribution < -0.4 is 21.3 Å². The van der Waals surface area contributed by atoms with E-state index in [0.717, 1.165) is 31.5 Å². The lowest BCUT2D eigenvalue weighted by molar-refractivity contribution is -0.112. The Balaban J connectivity index is 0.00000205. The number of benzene rings is 1. The molecule has 2 aromatic rings. The number of allylic oxidation sites excluding steroid dienone is 6. The van der Waals surface area contributed by atoms with Gasteiger partial charge in [0.05, 0.1) is 18.0 Å². The number of nitrogens with two attached hydrogens (primary N) is 1. The number of nitrogens with one attached hydrogen (secondary N) is 2. The number of carbonyl (C=O) groups excluding carboxylic acids is 1. The van der Waals surface area contributed by atoms with Gasteiger partial charge in [-0.3, -0.25) is 9.78 Å². The number of nitrogens with zero attached hydrogens (tertiary/aromatic N) is 2. The van der Waals surface area contributed by atoms with Gasteiger partial charge in [0.2, 0.25) is 0 Å². The van der Waals surface area contributed by atoms with Gasteiger partial charge in [0.25, 0.3) is 5.91 Å². The molecule has 0 radical (unpaired) electrons. The van der Waals surface area contributed by atoms with E-state index in [1.54, 1.807) is 36.4 Å². The largest absolute Gasteiger partial charge is 0.479 e. The molecule has 208 valence electrons. The summed E-state index contributed by atoms with van der Waals surface area (Å²) in [5.41, 5.74) is 10.8. The Morgan fingerprint density at radius 1 is 1.08 bits per heavy atom. The van der Waals surface area contributed by atoms with Crippen molar-refractivity contribution in [3.63, 3.8) is 0 Å². The van der Waals surface area contributed by atoms with Crippen LogP contribution in [0.1, 0.15) is 47.0 Å². The van der Waals surface area contributed by atoms with Crippen molar-refractivity contribution in [1.29, 1.82) is 0 Å². The van der Waals surface area contributed by atoms with E-state index in [9.17, 15) is 4.79 Å². The smallest absolute Gasteiger partial charge is 0.251 e. The quantitative estimate of drug-likeness (QED) is 0.237. The summed E-state index contributed by atoms with van der Waals surface area (Å²) in [4.78, 5) is 19.5. The molecule has 0 saturated carbocycles. The highest BCUT2D eigenvalue weighted by molar-refractivity contribution is 6.31. The molecule has 39 heavy (non-hydrogen) atoms. The molecule has 1 aliphatic heterocycles. The second-order valence-electron chi connectivity index (χ2n) is 9.51. The van der Waals surface area contributed by atoms with E-state index < -0.39 is 0 Å². The number of rotatable bonds is 8. The molecule has 2 heterocycles. The molecular formula is C31H40ClN5O2. The highest BCUT2D eigenvalue weighted by Crippen LogP contribution is 2.29. The van der Waals surface area contributed by atoms with Gasteiger partial charge in [-0.15, -0.1) is 0 Å². The van der Waals surface area contributed by atoms with E-state index in [1.165, 1.54) is 5.69 Å². The minimum atomic E-state index is -0.194. The van der Waals surface area contributed by atoms with Crippen LogP contribution in [0.2, 0.25) is 0 Å². The summed E-state index contributed by atoms with van der Waals surface area (Å²) >= 11 is 6.05. The maximum Gasteiger partial charge on any atom is 0.251 e. The van der Waals surface area contributed by atoms with E-state index >= 15 is 0 Å². The summed E-state index contributed by atoms with van der Waals surface area (Å²) in [5.74, 6) is 0.939. The van der Waals surface area contributed by atoms with Crippen LogP contribution in [0, 0.1) is 5.92 Å². The number of carbonyl (C=O) groups is 1. The summed E-state index contributed by atoms with van der Waals surface area (Å²) in [6.07, 6.45) is 13.4. The topological polar surface area (TPSA) is 92.5 Å². The van der Waals surface area contributed by atoms with Crippen molar-refractivity contribution in [2.24, 2.45) is 5.92 Å². The molecule has 0 atom stereocenters. The third-order valence-corrected chi connectivity index (χ3v) is 6.70. The highest BCUT2D eigenvalue weighted by Gasteiger charge is 2.21. The molecule has 0 spiro atoms. The number of hydrogen-bond donors (Lipinski definition) is 3. The number of piperidine rings is 1. The third kappa shape index (κ3) is 8.93. The van der Waals surface area contributed by atoms with Crippen molar-refractivity contribution < 1.29 is 9.53 Å². The summed E-state index contributed by atoms with van der Waals surface area (Å²) in [6.45, 7) is 10.6. The lowest BCUT2D eigenvalue weighted by Gasteiger charge is -2.33. The molecule has 4 N–H and O–H groups in total. The Bertz CT molecular complexity index is 1220. The molecule has 1 aromatic heterocycles. The molecule has 0 unspecified atom stereocenters. The van der Waals surface area contributed by atoms with E-state index in [4.69, 9.17) is 22.1 Å². The zero-order valence-electron chi connectivity index (χ0n) is 23.3. The minimum absolute atomic E-state index is 0.194. The van der Waals surface area contributed by atoms with Crippen molar-refractivity contribution in [2.75, 3.05) is 41.0 Å². The number of ether oxygens (including phenoxy) is 1. The van der Waals surface area contributed by atoms with E-state index in [1.807, 2.05) is 46.2 Å². The molecule has 4 rings (SSSR count). The number of aromatic nitrogens is 1. The van der Waals surface area contributed by atoms with Crippen molar-refractivity contribution in [3.05, 3.63) is 89.1 Å². The standard InChI is InChI=1S/C29H34ClN5O2.C2H6/c1-20(2)29(37-19-21-12-16-35(17-13-21)25-10-14-32-15-11-25)34-27-18-24(31)8-9-26(27)33-28(36)22-4-3-5-23(30)7-6-22;1-2/h3,5-11,14-15,18,21,34H,4,12-13,16-17,19,31H2,1-2H3,(H,33,36);1-2H3. The Hall–Kier alpha value is -3.71. The maximum atomic E-state index is 12.9. The fourth-order valence-corrected chi connectivity index (χ4v) is 4.44. The average molecular weight is 550 g/mol. The Kier molecular flexibility index (Phi) is 11.5. The van der Waals surface area contributed by atoms with E-state index in [2.05, 4.69) is 32.7 Å². The van der Waals surface area contributed by atoms with Crippen LogP contribution in [0.3, 0.4) is 0 Å². The van der Waals surface area contributed by atoms with Crippen LogP contribution in [0.4, 0.5) is 22.7 Å². The second kappa shape index (κ2) is 15.0. The van der Waals surface area contributed by atoms with Crippen molar-refractivity contribution >= 4 is 40.3 Å². The van der Waals surface area contributed by atoms with Crippen molar-refractivity contribution in [3.8, 4) is 0 Å². The first-order valence-corrected chi connectivity index (χ1v) is 13.9. The van der Waals surface area contributed by atoms with Gasteiger partial charge in [-0.25, -0.2) is 0 Å². The summed E-state index contributed by atoms with van der Waals surface area (Å²) < 4.78 is 6.28. The first-order chi connectivity index (χ1) is 18.9. The van der Waals surface area contributed by atoms with Gasteiger partial charge in [0.1, 0.15) is 0 Å². The molecule has 1 aliphatic carbocycles. The first kappa shape index (κ1) is 29.8. The van der Waals surface area contributed by atoms with E-state index in [-0.39, 0.29) is 5.91 Å². The zero-order valence-corrected chi connectivity index (χ0v) is 24.1. The lowest BCUT2D eigenvalue weighted by Crippen LogP contribution is -2.35. The number of halogens is 1. The third-order valence-electron chi connectivity index (χ3n) is 6.45. The van der Waals surface area contributed by atoms with Gasteiger partial charge in [-0.1, -0.05) is 37.6 Å². The molecule has 1 saturated heterocycles. The van der Waals surface area contributed by atoms with Gasteiger partial charge in [-0.05, 0) is 87.1 Å². The molecule has 7 nitrogen and oxygen atoms in total. The SMILES string of the molecule is CC.CC(C)=C(Nc1cc(N)ccc1NC(=O)C1=CC=C(Cl)C=CC1)OCC1CCN(c2ccncc2)CC1. The van der Waals surface area contributed by atoms with Gasteiger partial charge in [-0.2, -0.15) is 0 Å². The van der Waals surface area contributed by atoms with E-state index in [0.29, 0.717) is 52.5 Å². The predicted molar refractivity (Wildman–Crippen MR) is 164 cm³/mol. The summed E-state index contributed by atoms with van der Waals surface area (Å²) in [5, 5.41) is 6.96. The van der Waals surface area contributed by atoms with Crippen molar-refractivity contribution in [2.45, 2.75) is 47.0 Å². The molecule has 8 heteroatoms. The normalized spacial score (nSPS) is 15.2. The van der Waals surface area contributed by atoms with Crippen LogP contribution in [0.5, 0.6) is 0 Å². The predicted octanol–water partition coefficient (Wildman–Crippen LogP) is 7.23. The molecule has 2 aliphatic rings. The maximum absolute atomic E-state index is 12.9. The Morgan fingerprint density at radius 2 is 1.79 bits per heavy atom. The minimum Gasteiger partial charge on any atom is -0.479 e. The summed E-state index contributed by atoms with van der Waals surface area (Å²) in [6, 6.07) is 9.46. The zero-order chi connectivity index (χ0) is 28.2. The van der Waals surface area contributed by atoms with Crippen LogP contribution >= 0.6 is 11.6 Å². The van der Waals surface area contributed by atoms with Crippen LogP contribution in [-0.4, -0.2) is 30.6 Å². The van der Waals surface area contributed by atoms with Crippen LogP contribution in [0.25, 0.3) is 0 Å². The lowest BCUT2D eigenvalue weighted by atomic mass is 9.97. The summed E-state index contributed by atoms with van der Waals surface area (Å²) in [7, 11) is 0. The van der Waals surface area contributed by atoms with Gasteiger partial charge in [0.15, 0.2) is 5.88 Å². The van der Waals surface area contributed by atoms with Gasteiger partial charge in [0, 0.05) is 47.5 Å². The molecule has 1 fully saturated rings. The fourth-order valence-electron chi connectivity index (χ4n) is 4.29. The number of amides is 1. The number of pyridine rings is 1.